The van der Waals surface area contributed by atoms with E-state index in [0.717, 1.165) is 87.7 Å². The Morgan fingerprint density at radius 1 is 0.872 bits per heavy atom. The van der Waals surface area contributed by atoms with Crippen LogP contribution in [0.25, 0.3) is 54.6 Å². The van der Waals surface area contributed by atoms with Crippen LogP contribution in [0.5, 0.6) is 11.8 Å². The van der Waals surface area contributed by atoms with Gasteiger partial charge in [0.05, 0.1) is 78.0 Å². The van der Waals surface area contributed by atoms with Gasteiger partial charge in [0.25, 0.3) is 0 Å². The van der Waals surface area contributed by atoms with Gasteiger partial charge in [-0.15, -0.1) is 16.4 Å². The SMILES string of the molecule is Cc1ncsc1-c1ccc([C@@H](CO)NC(=O)[C@@H]2C[C@@H](O)CN2C(=O)[C@H](C(C)C)n2cc(-c3ccc(COc4c(-c5c(C)c(F)cc6c5cnn6C5CCCCO5)c(C5CC5)cc5c(N6C[C@@H]7C[C@H]6CN7C(=O)OC(C)(C)C)nc(OC6CCOCC6)nc45)cc3)nn2)cc1. The van der Waals surface area contributed by atoms with Gasteiger partial charge in [0, 0.05) is 79.0 Å². The molecule has 7 atom stereocenters. The fraction of sp³-hybridized carbons (Fsp3) is 0.500. The van der Waals surface area contributed by atoms with Gasteiger partial charge in [-0.1, -0.05) is 67.6 Å². The van der Waals surface area contributed by atoms with Crippen LogP contribution in [0.3, 0.4) is 0 Å². The van der Waals surface area contributed by atoms with Gasteiger partial charge in [0.2, 0.25) is 11.8 Å². The number of aryl methyl sites for hydroxylation is 1. The third kappa shape index (κ3) is 12.5. The Bertz CT molecular complexity index is 4140. The summed E-state index contributed by atoms with van der Waals surface area (Å²) in [6.07, 6.45) is 8.32. The number of β-amino-alcohol motifs (C(OH)–C–C–N with tert-alkyl or cyclic N) is 1. The number of aromatic nitrogens is 8. The molecule has 494 valence electrons. The van der Waals surface area contributed by atoms with Crippen LogP contribution in [0.1, 0.15) is 145 Å². The largest absolute Gasteiger partial charge is 0.486 e. The Balaban J connectivity index is 0.781. The van der Waals surface area contributed by atoms with E-state index < -0.39 is 41.6 Å². The summed E-state index contributed by atoms with van der Waals surface area (Å²) in [7, 11) is 0. The van der Waals surface area contributed by atoms with E-state index in [0.29, 0.717) is 90.7 Å². The first-order chi connectivity index (χ1) is 45.4. The number of anilines is 1. The first-order valence-corrected chi connectivity index (χ1v) is 34.0. The number of nitrogens with zero attached hydrogens (tertiary/aromatic N) is 11. The topological polar surface area (TPSA) is 247 Å². The first-order valence-electron chi connectivity index (χ1n) is 33.1. The highest BCUT2D eigenvalue weighted by molar-refractivity contribution is 7.13. The number of aliphatic hydroxyl groups excluding tert-OH is 2. The number of carbonyl (C=O) groups excluding carboxylic acids is 3. The summed E-state index contributed by atoms with van der Waals surface area (Å²) in [5, 5.41) is 40.0. The van der Waals surface area contributed by atoms with Crippen LogP contribution in [0.4, 0.5) is 15.0 Å². The number of amides is 3. The number of fused-ring (bicyclic) bond motifs is 4. The van der Waals surface area contributed by atoms with Gasteiger partial charge < -0.3 is 53.9 Å². The highest BCUT2D eigenvalue weighted by Crippen LogP contribution is 2.54. The van der Waals surface area contributed by atoms with Crippen LogP contribution < -0.4 is 19.7 Å². The predicted molar refractivity (Wildman–Crippen MR) is 351 cm³/mol. The van der Waals surface area contributed by atoms with Crippen molar-refractivity contribution >= 4 is 56.9 Å². The molecule has 14 rings (SSSR count). The van der Waals surface area contributed by atoms with E-state index in [9.17, 15) is 24.6 Å². The highest BCUT2D eigenvalue weighted by atomic mass is 32.1. The fourth-order valence-corrected chi connectivity index (χ4v) is 15.2. The molecule has 0 spiro atoms. The molecule has 8 aromatic rings. The van der Waals surface area contributed by atoms with Crippen molar-refractivity contribution in [1.82, 2.24) is 54.8 Å². The minimum atomic E-state index is -1.000. The molecule has 6 aliphatic rings. The van der Waals surface area contributed by atoms with Crippen molar-refractivity contribution in [3.63, 3.8) is 0 Å². The minimum Gasteiger partial charge on any atom is -0.486 e. The number of carbonyl (C=O) groups is 3. The number of piperazine rings is 1. The summed E-state index contributed by atoms with van der Waals surface area (Å²) in [5.41, 5.74) is 9.75. The van der Waals surface area contributed by atoms with Gasteiger partial charge >= 0.3 is 12.1 Å². The maximum Gasteiger partial charge on any atom is 0.410 e. The molecule has 6 fully saturated rings. The number of rotatable bonds is 18. The number of hydrogen-bond acceptors (Lipinski definition) is 18. The van der Waals surface area contributed by atoms with Crippen LogP contribution >= 0.6 is 11.3 Å². The molecule has 2 bridgehead atoms. The van der Waals surface area contributed by atoms with E-state index >= 15 is 4.39 Å². The lowest BCUT2D eigenvalue weighted by atomic mass is 9.88. The Labute approximate surface area is 548 Å². The average molecular weight is 1300 g/mol. The summed E-state index contributed by atoms with van der Waals surface area (Å²) in [5.74, 6) is -0.292. The smallest absolute Gasteiger partial charge is 0.410 e. The Hall–Kier alpha value is -8.16. The molecule has 24 heteroatoms. The maximum absolute atomic E-state index is 17.0. The minimum absolute atomic E-state index is 0.0282. The monoisotopic (exact) mass is 1300 g/mol. The molecule has 5 saturated heterocycles. The van der Waals surface area contributed by atoms with Gasteiger partial charge in [-0.2, -0.15) is 15.1 Å². The number of ether oxygens (including phenoxy) is 5. The van der Waals surface area contributed by atoms with Crippen LogP contribution in [-0.2, 0) is 30.4 Å². The molecule has 3 N–H and O–H groups in total. The number of nitrogens with one attached hydrogen (secondary N) is 1. The first kappa shape index (κ1) is 63.2. The number of aliphatic hydroxyl groups is 2. The molecule has 0 radical (unpaired) electrons. The van der Waals surface area contributed by atoms with Crippen molar-refractivity contribution in [2.45, 2.75) is 173 Å². The molecule has 1 aliphatic carbocycles. The predicted octanol–water partition coefficient (Wildman–Crippen LogP) is 10.7. The zero-order valence-electron chi connectivity index (χ0n) is 54.2. The number of likely N-dealkylation sites (tertiary alicyclic amines) is 2. The molecule has 9 heterocycles. The third-order valence-electron chi connectivity index (χ3n) is 19.3. The second-order valence-electron chi connectivity index (χ2n) is 27.4. The van der Waals surface area contributed by atoms with Crippen LogP contribution in [0, 0.1) is 25.6 Å². The average Bonchev–Trinajstić information content (AvgIpc) is 1.34. The molecule has 3 amide bonds. The molecule has 5 aliphatic heterocycles. The van der Waals surface area contributed by atoms with E-state index in [1.54, 1.807) is 17.8 Å². The summed E-state index contributed by atoms with van der Waals surface area (Å²) < 4.78 is 52.3. The number of thiazole rings is 1. The van der Waals surface area contributed by atoms with Crippen LogP contribution in [0.15, 0.2) is 78.6 Å². The van der Waals surface area contributed by atoms with Crippen LogP contribution in [-0.4, -0.2) is 160 Å². The highest BCUT2D eigenvalue weighted by Gasteiger charge is 2.49. The maximum atomic E-state index is 17.0. The molecular formula is C70H81FN12O10S. The Morgan fingerprint density at radius 3 is 2.33 bits per heavy atom. The van der Waals surface area contributed by atoms with Crippen LogP contribution in [0.2, 0.25) is 0 Å². The summed E-state index contributed by atoms with van der Waals surface area (Å²) >= 11 is 1.54. The Morgan fingerprint density at radius 2 is 1.65 bits per heavy atom. The zero-order valence-corrected chi connectivity index (χ0v) is 55.0. The Kier molecular flexibility index (Phi) is 17.4. The lowest BCUT2D eigenvalue weighted by Gasteiger charge is -2.36. The summed E-state index contributed by atoms with van der Waals surface area (Å²) in [6.45, 7) is 15.5. The van der Waals surface area contributed by atoms with Crippen molar-refractivity contribution in [2.24, 2.45) is 5.92 Å². The van der Waals surface area contributed by atoms with E-state index in [-0.39, 0.29) is 80.4 Å². The molecule has 22 nitrogen and oxygen atoms in total. The van der Waals surface area contributed by atoms with Gasteiger partial charge in [0.15, 0.2) is 12.0 Å². The van der Waals surface area contributed by atoms with Gasteiger partial charge in [-0.05, 0) is 119 Å². The third-order valence-corrected chi connectivity index (χ3v) is 20.3. The second-order valence-corrected chi connectivity index (χ2v) is 28.3. The van der Waals surface area contributed by atoms with Crippen molar-refractivity contribution in [3.8, 4) is 44.6 Å². The van der Waals surface area contributed by atoms with Crippen molar-refractivity contribution in [3.05, 3.63) is 112 Å². The zero-order chi connectivity index (χ0) is 65.3. The molecule has 4 aromatic carbocycles. The fourth-order valence-electron chi connectivity index (χ4n) is 14.3. The van der Waals surface area contributed by atoms with Gasteiger partial charge in [-0.3, -0.25) is 9.59 Å². The lowest BCUT2D eigenvalue weighted by Crippen LogP contribution is -2.50. The standard InChI is InChI=1S/C70H81FN12O10S/c1-38(2)62(67(87)81-33-48(85)27-57(81)66(86)74-55(35-84)44-17-19-45(20-18-44)64-40(4)72-37-94-64)82-34-54(77-78-82)43-13-11-41(12-14-43)36-91-63-60(59-39(3)53(71)29-56-52(59)30-73-83(56)58-10-8-9-23-90-58)50(42-15-16-42)28-51-61(63)75-68(92-49-21-24-89-25-22-49)76-65(51)79-31-47-26-46(79)32-80(47)69(88)93-70(5,6)7/h11-14,17-20,28-30,34,37-38,42,46-49,55,57-58,62,84-85H,8-10,15-16,21-27,31-33,35-36H2,1-7H3,(H,74,86)/t46-,47-,48+,55+,57-,58?,62-/m0/s1. The van der Waals surface area contributed by atoms with Gasteiger partial charge in [0.1, 0.15) is 53.2 Å². The number of benzene rings is 4. The molecular weight excluding hydrogens is 1220 g/mol. The summed E-state index contributed by atoms with van der Waals surface area (Å²) in [6, 6.07) is 16.5. The number of hydrogen-bond donors (Lipinski definition) is 3. The van der Waals surface area contributed by atoms with Gasteiger partial charge in [-0.25, -0.2) is 23.5 Å². The summed E-state index contributed by atoms with van der Waals surface area (Å²) in [4.78, 5) is 64.0. The normalized spacial score (nSPS) is 21.6. The van der Waals surface area contributed by atoms with Crippen molar-refractivity contribution in [2.75, 3.05) is 51.0 Å². The second kappa shape index (κ2) is 25.9. The molecule has 1 saturated carbocycles. The van der Waals surface area contributed by atoms with E-state index in [1.807, 2.05) is 113 Å². The molecule has 1 unspecified atom stereocenters. The van der Waals surface area contributed by atoms with Crippen molar-refractivity contribution < 1.29 is 52.7 Å². The molecule has 94 heavy (non-hydrogen) atoms. The number of halogens is 1. The van der Waals surface area contributed by atoms with E-state index in [2.05, 4.69) is 31.6 Å². The quantitative estimate of drug-likeness (QED) is 0.0723. The molecule has 4 aromatic heterocycles. The van der Waals surface area contributed by atoms with Crippen molar-refractivity contribution in [1.29, 1.82) is 0 Å². The lowest BCUT2D eigenvalue weighted by molar-refractivity contribution is -0.142. The van der Waals surface area contributed by atoms with E-state index in [1.165, 1.54) is 20.9 Å². The van der Waals surface area contributed by atoms with E-state index in [4.69, 9.17) is 38.8 Å².